The number of nitrogens with one attached hydrogen (secondary N) is 1. The Morgan fingerprint density at radius 3 is 2.61 bits per heavy atom. The van der Waals surface area contributed by atoms with Gasteiger partial charge in [-0.15, -0.1) is 0 Å². The fraction of sp³-hybridized carbons (Fsp3) is 0.429. The minimum absolute atomic E-state index is 0.0487. The van der Waals surface area contributed by atoms with Crippen LogP contribution < -0.4 is 0 Å². The average molecular weight is 403 g/mol. The molecule has 0 amide bonds. The van der Waals surface area contributed by atoms with Crippen LogP contribution in [0.25, 0.3) is 0 Å². The van der Waals surface area contributed by atoms with Gasteiger partial charge in [-0.2, -0.15) is 0 Å². The zero-order valence-corrected chi connectivity index (χ0v) is 17.0. The van der Waals surface area contributed by atoms with Crippen LogP contribution in [0.3, 0.4) is 0 Å². The van der Waals surface area contributed by atoms with E-state index in [0.29, 0.717) is 30.1 Å². The number of halogens is 2. The fourth-order valence-corrected chi connectivity index (χ4v) is 3.91. The number of hydrogen-bond acceptors (Lipinski definition) is 5. The Morgan fingerprint density at radius 2 is 2.04 bits per heavy atom. The third-order valence-electron chi connectivity index (χ3n) is 5.33. The Balaban J connectivity index is 1.96. The predicted molar refractivity (Wildman–Crippen MR) is 107 cm³/mol. The predicted octanol–water partition coefficient (Wildman–Crippen LogP) is 4.37. The number of fused-ring (bicyclic) bond motifs is 1. The lowest BCUT2D eigenvalue weighted by molar-refractivity contribution is -0.113. The van der Waals surface area contributed by atoms with E-state index in [4.69, 9.17) is 17.0 Å². The maximum atomic E-state index is 13.2. The molecule has 7 heteroatoms. The molecule has 0 saturated carbocycles. The van der Waals surface area contributed by atoms with Crippen molar-refractivity contribution in [2.75, 3.05) is 0 Å². The number of carbonyl (C=O) groups is 1. The summed E-state index contributed by atoms with van der Waals surface area (Å²) in [5, 5.41) is 8.86. The van der Waals surface area contributed by atoms with Gasteiger partial charge in [0.1, 0.15) is 18.1 Å². The van der Waals surface area contributed by atoms with Gasteiger partial charge in [-0.3, -0.25) is 4.90 Å². The van der Waals surface area contributed by atoms with Crippen molar-refractivity contribution in [1.82, 2.24) is 14.9 Å². The molecule has 28 heavy (non-hydrogen) atoms. The first-order valence-corrected chi connectivity index (χ1v) is 9.84. The lowest BCUT2D eigenvalue weighted by Gasteiger charge is -2.24. The summed E-state index contributed by atoms with van der Waals surface area (Å²) in [6.07, 6.45) is 2.22. The fourth-order valence-electron chi connectivity index (χ4n) is 3.73. The van der Waals surface area contributed by atoms with Crippen molar-refractivity contribution in [3.8, 4) is 0 Å². The highest BCUT2D eigenvalue weighted by atomic mass is 35.5. The van der Waals surface area contributed by atoms with E-state index in [-0.39, 0.29) is 23.1 Å². The van der Waals surface area contributed by atoms with Crippen molar-refractivity contribution in [3.63, 3.8) is 0 Å². The Morgan fingerprint density at radius 1 is 1.36 bits per heavy atom. The first-order chi connectivity index (χ1) is 13.3. The van der Waals surface area contributed by atoms with Gasteiger partial charge in [0.2, 0.25) is 5.28 Å². The van der Waals surface area contributed by atoms with E-state index >= 15 is 0 Å². The molecule has 1 aliphatic rings. The van der Waals surface area contributed by atoms with Crippen LogP contribution >= 0.6 is 11.6 Å². The van der Waals surface area contributed by atoms with Crippen molar-refractivity contribution in [1.29, 1.82) is 5.41 Å². The molecule has 1 N–H and O–H groups in total. The van der Waals surface area contributed by atoms with Gasteiger partial charge in [0.25, 0.3) is 0 Å². The van der Waals surface area contributed by atoms with Crippen molar-refractivity contribution in [3.05, 3.63) is 57.9 Å². The van der Waals surface area contributed by atoms with Crippen LogP contribution in [0.15, 0.2) is 24.3 Å². The quantitative estimate of drug-likeness (QED) is 0.424. The van der Waals surface area contributed by atoms with Crippen LogP contribution in [0.4, 0.5) is 4.39 Å². The third kappa shape index (κ3) is 3.98. The van der Waals surface area contributed by atoms with Gasteiger partial charge in [-0.05, 0) is 56.0 Å². The summed E-state index contributed by atoms with van der Waals surface area (Å²) in [6.45, 7) is 6.57. The Kier molecular flexibility index (Phi) is 6.20. The van der Waals surface area contributed by atoms with E-state index in [0.717, 1.165) is 23.8 Å². The molecule has 1 aliphatic heterocycles. The molecule has 2 unspecified atom stereocenters. The normalized spacial score (nSPS) is 17.6. The monoisotopic (exact) mass is 402 g/mol. The Bertz CT molecular complexity index is 885. The van der Waals surface area contributed by atoms with Crippen LogP contribution in [0, 0.1) is 17.1 Å². The zero-order valence-electron chi connectivity index (χ0n) is 16.2. The average Bonchev–Trinajstić information content (AvgIpc) is 3.05. The van der Waals surface area contributed by atoms with Crippen LogP contribution in [-0.2, 0) is 17.8 Å². The summed E-state index contributed by atoms with van der Waals surface area (Å²) < 4.78 is 13.2. The number of aromatic nitrogens is 2. The molecule has 0 aliphatic carbocycles. The minimum atomic E-state index is -0.473. The summed E-state index contributed by atoms with van der Waals surface area (Å²) in [5.74, 6) is -0.371. The maximum Gasteiger partial charge on any atom is 0.223 e. The second kappa shape index (κ2) is 8.45. The Hall–Kier alpha value is -2.18. The van der Waals surface area contributed by atoms with Gasteiger partial charge < -0.3 is 10.2 Å². The van der Waals surface area contributed by atoms with Crippen LogP contribution in [0.5, 0.6) is 0 Å². The highest BCUT2D eigenvalue weighted by Crippen LogP contribution is 2.35. The molecule has 5 nitrogen and oxygen atoms in total. The second-order valence-corrected chi connectivity index (χ2v) is 7.74. The standard InChI is InChI=1S/C21H24ClFN4O/c1-4-14(9-13-5-7-15(23)8-6-13)18(24)20-16-10-27(12(2)3)17(11-28)19(16)25-21(22)26-20/h5-8,11-12,14,17,24H,4,9-10H2,1-3H3. The zero-order chi connectivity index (χ0) is 20.4. The molecule has 0 spiro atoms. The number of benzene rings is 1. The van der Waals surface area contributed by atoms with Crippen molar-refractivity contribution in [2.45, 2.75) is 52.2 Å². The van der Waals surface area contributed by atoms with E-state index in [1.807, 2.05) is 25.7 Å². The number of carbonyl (C=O) groups excluding carboxylic acids is 1. The van der Waals surface area contributed by atoms with Crippen LogP contribution in [0.1, 0.15) is 55.7 Å². The van der Waals surface area contributed by atoms with Gasteiger partial charge in [-0.1, -0.05) is 19.1 Å². The molecular formula is C21H24ClFN4O. The molecular weight excluding hydrogens is 379 g/mol. The SMILES string of the molecule is CCC(Cc1ccc(F)cc1)C(=N)c1nc(Cl)nc2c1CN(C(C)C)C2C=O. The molecule has 1 aromatic heterocycles. The topological polar surface area (TPSA) is 69.9 Å². The van der Waals surface area contributed by atoms with E-state index in [1.165, 1.54) is 12.1 Å². The van der Waals surface area contributed by atoms with Gasteiger partial charge >= 0.3 is 0 Å². The molecule has 1 aromatic carbocycles. The molecule has 0 bridgehead atoms. The summed E-state index contributed by atoms with van der Waals surface area (Å²) in [6, 6.07) is 6.02. The minimum Gasteiger partial charge on any atom is -0.303 e. The number of hydrogen-bond donors (Lipinski definition) is 1. The van der Waals surface area contributed by atoms with Crippen LogP contribution in [-0.4, -0.2) is 32.9 Å². The lowest BCUT2D eigenvalue weighted by atomic mass is 9.89. The van der Waals surface area contributed by atoms with E-state index in [1.54, 1.807) is 12.1 Å². The van der Waals surface area contributed by atoms with E-state index in [2.05, 4.69) is 9.97 Å². The van der Waals surface area contributed by atoms with Gasteiger partial charge in [-0.25, -0.2) is 14.4 Å². The molecule has 2 heterocycles. The highest BCUT2D eigenvalue weighted by Gasteiger charge is 2.37. The summed E-state index contributed by atoms with van der Waals surface area (Å²) in [5.41, 5.74) is 3.25. The second-order valence-electron chi connectivity index (χ2n) is 7.40. The lowest BCUT2D eigenvalue weighted by Crippen LogP contribution is -2.30. The smallest absolute Gasteiger partial charge is 0.223 e. The molecule has 3 rings (SSSR count). The molecule has 0 fully saturated rings. The van der Waals surface area contributed by atoms with Gasteiger partial charge in [0, 0.05) is 24.1 Å². The molecule has 0 saturated heterocycles. The summed E-state index contributed by atoms with van der Waals surface area (Å²) in [7, 11) is 0. The molecule has 148 valence electrons. The molecule has 2 aromatic rings. The molecule has 2 atom stereocenters. The van der Waals surface area contributed by atoms with Crippen molar-refractivity contribution in [2.24, 2.45) is 5.92 Å². The maximum absolute atomic E-state index is 13.2. The van der Waals surface area contributed by atoms with E-state index in [9.17, 15) is 9.18 Å². The first kappa shape index (κ1) is 20.6. The van der Waals surface area contributed by atoms with E-state index < -0.39 is 6.04 Å². The first-order valence-electron chi connectivity index (χ1n) is 9.46. The van der Waals surface area contributed by atoms with Gasteiger partial charge in [0.05, 0.1) is 17.1 Å². The van der Waals surface area contributed by atoms with Gasteiger partial charge in [0.15, 0.2) is 0 Å². The number of nitrogens with zero attached hydrogens (tertiary/aromatic N) is 3. The number of aldehydes is 1. The summed E-state index contributed by atoms with van der Waals surface area (Å²) >= 11 is 6.15. The Labute approximate surface area is 169 Å². The summed E-state index contributed by atoms with van der Waals surface area (Å²) in [4.78, 5) is 22.4. The van der Waals surface area contributed by atoms with Crippen molar-refractivity contribution >= 4 is 23.6 Å². The molecule has 0 radical (unpaired) electrons. The number of rotatable bonds is 7. The third-order valence-corrected chi connectivity index (χ3v) is 5.50. The largest absolute Gasteiger partial charge is 0.303 e. The van der Waals surface area contributed by atoms with Crippen molar-refractivity contribution < 1.29 is 9.18 Å². The highest BCUT2D eigenvalue weighted by molar-refractivity contribution is 6.28. The van der Waals surface area contributed by atoms with Crippen LogP contribution in [0.2, 0.25) is 5.28 Å².